The van der Waals surface area contributed by atoms with Crippen LogP contribution in [0.2, 0.25) is 0 Å². The fraction of sp³-hybridized carbons (Fsp3) is 0.568. The summed E-state index contributed by atoms with van der Waals surface area (Å²) in [6, 6.07) is 8.30. The molecule has 1 aliphatic heterocycles. The predicted molar refractivity (Wildman–Crippen MR) is 181 cm³/mol. The zero-order valence-electron chi connectivity index (χ0n) is 29.7. The highest BCUT2D eigenvalue weighted by molar-refractivity contribution is 5.70. The van der Waals surface area contributed by atoms with Crippen molar-refractivity contribution in [2.75, 3.05) is 62.3 Å². The van der Waals surface area contributed by atoms with Gasteiger partial charge in [-0.1, -0.05) is 12.2 Å². The number of likely N-dealkylation sites (N-methyl/N-ethyl adjacent to an activating group) is 1. The van der Waals surface area contributed by atoms with Gasteiger partial charge in [-0.25, -0.2) is 0 Å². The number of carbonyl (C=O) groups excluding carboxylic acids is 2. The summed E-state index contributed by atoms with van der Waals surface area (Å²) in [5.74, 6) is 2.76. The molecule has 0 amide bonds. The van der Waals surface area contributed by atoms with Gasteiger partial charge in [0, 0.05) is 37.7 Å². The molecule has 10 nitrogen and oxygen atoms in total. The molecule has 0 bridgehead atoms. The van der Waals surface area contributed by atoms with Crippen molar-refractivity contribution < 1.29 is 47.2 Å². The molecule has 0 fully saturated rings. The summed E-state index contributed by atoms with van der Waals surface area (Å²) in [6.07, 6.45) is 7.93. The molecule has 0 radical (unpaired) electrons. The molecule has 1 aliphatic rings. The molecule has 2 atom stereocenters. The standard InChI is InChI=1S/C37H54NO9/c1-37(2,3)47-35(40)16-13-11-10-12-15-34(39)46-20-14-18-38(4)19-17-27-24-30(41-5)31(42-6)25-28(27)29(38)21-26-22-32(43-7)36(45-9)33(23-26)44-8/h10-11,22-25,29H,12-21H2,1-9H3/q+1/b11-10+/t29-,38+/m1/s1. The van der Waals surface area contributed by atoms with E-state index < -0.39 is 5.60 Å². The van der Waals surface area contributed by atoms with Gasteiger partial charge in [-0.05, 0) is 69.0 Å². The Morgan fingerprint density at radius 2 is 1.38 bits per heavy atom. The molecule has 1 heterocycles. The van der Waals surface area contributed by atoms with E-state index in [1.807, 2.05) is 45.1 Å². The number of hydrogen-bond acceptors (Lipinski definition) is 9. The average molecular weight is 657 g/mol. The molecule has 0 spiro atoms. The largest absolute Gasteiger partial charge is 0.493 e. The smallest absolute Gasteiger partial charge is 0.306 e. The van der Waals surface area contributed by atoms with Crippen LogP contribution in [0.15, 0.2) is 36.4 Å². The highest BCUT2D eigenvalue weighted by Crippen LogP contribution is 2.44. The van der Waals surface area contributed by atoms with Crippen LogP contribution in [0, 0.1) is 0 Å². The maximum atomic E-state index is 12.4. The third-order valence-corrected chi connectivity index (χ3v) is 8.50. The van der Waals surface area contributed by atoms with Crippen LogP contribution in [-0.4, -0.2) is 84.3 Å². The third kappa shape index (κ3) is 10.5. The van der Waals surface area contributed by atoms with Gasteiger partial charge >= 0.3 is 11.9 Å². The molecule has 10 heteroatoms. The molecule has 0 saturated heterocycles. The van der Waals surface area contributed by atoms with Crippen LogP contribution in [0.1, 0.15) is 75.6 Å². The second-order valence-corrected chi connectivity index (χ2v) is 13.0. The van der Waals surface area contributed by atoms with Crippen molar-refractivity contribution in [1.82, 2.24) is 0 Å². The Kier molecular flexibility index (Phi) is 13.8. The molecule has 3 rings (SSSR count). The lowest BCUT2D eigenvalue weighted by molar-refractivity contribution is -0.941. The highest BCUT2D eigenvalue weighted by Gasteiger charge is 2.40. The first-order valence-corrected chi connectivity index (χ1v) is 16.3. The SMILES string of the molecule is COc1cc2c(cc1OC)[C@@H](Cc1cc(OC)c(OC)c(OC)c1)[N@@+](C)(CCCOC(=O)CC/C=C/CCC(=O)OC(C)(C)C)CC2. The number of fused-ring (bicyclic) bond motifs is 1. The Balaban J connectivity index is 1.67. The Morgan fingerprint density at radius 1 is 0.809 bits per heavy atom. The lowest BCUT2D eigenvalue weighted by atomic mass is 9.86. The first-order valence-electron chi connectivity index (χ1n) is 16.3. The van der Waals surface area contributed by atoms with Crippen molar-refractivity contribution in [1.29, 1.82) is 0 Å². The normalized spacial score (nSPS) is 17.5. The molecule has 47 heavy (non-hydrogen) atoms. The number of carbonyl (C=O) groups is 2. The van der Waals surface area contributed by atoms with Gasteiger partial charge < -0.3 is 37.6 Å². The summed E-state index contributed by atoms with van der Waals surface area (Å²) >= 11 is 0. The molecule has 260 valence electrons. The van der Waals surface area contributed by atoms with Crippen LogP contribution in [0.4, 0.5) is 0 Å². The first-order chi connectivity index (χ1) is 22.4. The third-order valence-electron chi connectivity index (χ3n) is 8.50. The molecule has 0 aromatic heterocycles. The van der Waals surface area contributed by atoms with Crippen molar-refractivity contribution >= 4 is 11.9 Å². The van der Waals surface area contributed by atoms with Crippen LogP contribution in [0.3, 0.4) is 0 Å². The van der Waals surface area contributed by atoms with E-state index in [-0.39, 0.29) is 18.0 Å². The second kappa shape index (κ2) is 17.3. The quantitative estimate of drug-likeness (QED) is 0.0828. The molecule has 0 saturated carbocycles. The zero-order chi connectivity index (χ0) is 34.6. The lowest BCUT2D eigenvalue weighted by Crippen LogP contribution is -2.52. The topological polar surface area (TPSA) is 98.8 Å². The van der Waals surface area contributed by atoms with E-state index in [1.54, 1.807) is 35.5 Å². The van der Waals surface area contributed by atoms with Gasteiger partial charge in [-0.3, -0.25) is 9.59 Å². The van der Waals surface area contributed by atoms with Gasteiger partial charge in [0.1, 0.15) is 11.6 Å². The van der Waals surface area contributed by atoms with Gasteiger partial charge in [-0.15, -0.1) is 0 Å². The Bertz CT molecular complexity index is 1360. The number of hydrogen-bond donors (Lipinski definition) is 0. The first kappa shape index (κ1) is 37.5. The van der Waals surface area contributed by atoms with Crippen molar-refractivity contribution in [3.8, 4) is 28.7 Å². The van der Waals surface area contributed by atoms with Crippen LogP contribution in [0.25, 0.3) is 0 Å². The molecule has 0 N–H and O–H groups in total. The summed E-state index contributed by atoms with van der Waals surface area (Å²) in [4.78, 5) is 24.3. The summed E-state index contributed by atoms with van der Waals surface area (Å²) in [6.45, 7) is 7.65. The van der Waals surface area contributed by atoms with Crippen LogP contribution in [-0.2, 0) is 31.9 Å². The Labute approximate surface area is 280 Å². The van der Waals surface area contributed by atoms with Gasteiger partial charge in [0.05, 0.1) is 62.3 Å². The predicted octanol–water partition coefficient (Wildman–Crippen LogP) is 6.41. The number of esters is 2. The van der Waals surface area contributed by atoms with Crippen molar-refractivity contribution in [2.24, 2.45) is 0 Å². The lowest BCUT2D eigenvalue weighted by Gasteiger charge is -2.46. The van der Waals surface area contributed by atoms with E-state index in [2.05, 4.69) is 19.2 Å². The monoisotopic (exact) mass is 656 g/mol. The fourth-order valence-corrected chi connectivity index (χ4v) is 6.12. The second-order valence-electron chi connectivity index (χ2n) is 13.0. The highest BCUT2D eigenvalue weighted by atomic mass is 16.6. The van der Waals surface area contributed by atoms with Crippen molar-refractivity contribution in [2.45, 2.75) is 77.4 Å². The van der Waals surface area contributed by atoms with Crippen LogP contribution >= 0.6 is 0 Å². The minimum absolute atomic E-state index is 0.0860. The molecule has 0 unspecified atom stereocenters. The molecule has 2 aromatic carbocycles. The van der Waals surface area contributed by atoms with Crippen molar-refractivity contribution in [3.63, 3.8) is 0 Å². The maximum Gasteiger partial charge on any atom is 0.306 e. The number of methoxy groups -OCH3 is 5. The Hall–Kier alpha value is -3.92. The number of ether oxygens (including phenoxy) is 7. The minimum atomic E-state index is -0.482. The minimum Gasteiger partial charge on any atom is -0.493 e. The summed E-state index contributed by atoms with van der Waals surface area (Å²) in [5, 5.41) is 0. The number of rotatable bonds is 17. The zero-order valence-corrected chi connectivity index (χ0v) is 29.7. The molecular formula is C37H54NO9+. The van der Waals surface area contributed by atoms with E-state index in [9.17, 15) is 9.59 Å². The van der Waals surface area contributed by atoms with Gasteiger partial charge in [-0.2, -0.15) is 0 Å². The van der Waals surface area contributed by atoms with Gasteiger partial charge in [0.2, 0.25) is 5.75 Å². The average Bonchev–Trinajstić information content (AvgIpc) is 3.04. The van der Waals surface area contributed by atoms with Gasteiger partial charge in [0.15, 0.2) is 23.0 Å². The van der Waals surface area contributed by atoms with Crippen LogP contribution in [0.5, 0.6) is 28.7 Å². The number of quaternary nitrogens is 1. The summed E-state index contributed by atoms with van der Waals surface area (Å²) in [7, 11) is 10.4. The van der Waals surface area contributed by atoms with Gasteiger partial charge in [0.25, 0.3) is 0 Å². The number of benzene rings is 2. The number of allylic oxidation sites excluding steroid dienone is 2. The van der Waals surface area contributed by atoms with E-state index in [4.69, 9.17) is 33.2 Å². The molecular weight excluding hydrogens is 602 g/mol. The summed E-state index contributed by atoms with van der Waals surface area (Å²) < 4.78 is 39.9. The van der Waals surface area contributed by atoms with Crippen LogP contribution < -0.4 is 23.7 Å². The maximum absolute atomic E-state index is 12.4. The van der Waals surface area contributed by atoms with E-state index in [0.717, 1.165) is 48.1 Å². The summed E-state index contributed by atoms with van der Waals surface area (Å²) in [5.41, 5.74) is 3.02. The molecule has 2 aromatic rings. The van der Waals surface area contributed by atoms with E-state index >= 15 is 0 Å². The van der Waals surface area contributed by atoms with Crippen molar-refractivity contribution in [3.05, 3.63) is 53.1 Å². The van der Waals surface area contributed by atoms with E-state index in [1.165, 1.54) is 11.1 Å². The Morgan fingerprint density at radius 3 is 1.94 bits per heavy atom. The molecule has 0 aliphatic carbocycles. The number of nitrogens with zero attached hydrogens (tertiary/aromatic N) is 1. The fourth-order valence-electron chi connectivity index (χ4n) is 6.12. The van der Waals surface area contributed by atoms with E-state index in [0.29, 0.717) is 55.3 Å².